The summed E-state index contributed by atoms with van der Waals surface area (Å²) < 4.78 is 5.58. The first kappa shape index (κ1) is 23.5. The molecule has 8 heteroatoms. The summed E-state index contributed by atoms with van der Waals surface area (Å²) in [4.78, 5) is 25.2. The molecule has 0 aliphatic heterocycles. The molecule has 0 heterocycles. The second kappa shape index (κ2) is 10.9. The maximum absolute atomic E-state index is 12.6. The Balaban J connectivity index is 1.62. The highest BCUT2D eigenvalue weighted by molar-refractivity contribution is 7.80. The fourth-order valence-electron chi connectivity index (χ4n) is 3.90. The number of hydrazine groups is 1. The van der Waals surface area contributed by atoms with Gasteiger partial charge in [-0.3, -0.25) is 15.6 Å². The SMILES string of the molecule is CCNC(=S)NNC(=O)C(CC(C)C)NC(=O)OCC1c2ccccc2-c2ccccc21. The van der Waals surface area contributed by atoms with Gasteiger partial charge in [-0.2, -0.15) is 0 Å². The number of fused-ring (bicyclic) bond motifs is 3. The standard InChI is InChI=1S/C24H30N4O3S/c1-4-25-23(32)28-27-22(29)21(13-15(2)3)26-24(30)31-14-20-18-11-7-5-9-16(18)17-10-6-8-12-19(17)20/h5-12,15,20-21H,4,13-14H2,1-3H3,(H,26,30)(H,27,29)(H2,25,28,32). The lowest BCUT2D eigenvalue weighted by atomic mass is 9.98. The lowest BCUT2D eigenvalue weighted by molar-refractivity contribution is -0.124. The molecule has 0 bridgehead atoms. The van der Waals surface area contributed by atoms with Crippen LogP contribution in [0.4, 0.5) is 4.79 Å². The highest BCUT2D eigenvalue weighted by Gasteiger charge is 2.30. The van der Waals surface area contributed by atoms with Crippen molar-refractivity contribution in [1.82, 2.24) is 21.5 Å². The van der Waals surface area contributed by atoms with Gasteiger partial charge in [-0.05, 0) is 53.7 Å². The molecule has 0 aromatic heterocycles. The van der Waals surface area contributed by atoms with Gasteiger partial charge in [0.2, 0.25) is 0 Å². The molecule has 1 unspecified atom stereocenters. The molecule has 170 valence electrons. The van der Waals surface area contributed by atoms with Gasteiger partial charge in [0.25, 0.3) is 5.91 Å². The molecule has 1 atom stereocenters. The van der Waals surface area contributed by atoms with Gasteiger partial charge in [0.15, 0.2) is 5.11 Å². The van der Waals surface area contributed by atoms with E-state index >= 15 is 0 Å². The second-order valence-electron chi connectivity index (χ2n) is 8.13. The first-order chi connectivity index (χ1) is 15.4. The summed E-state index contributed by atoms with van der Waals surface area (Å²) in [6.07, 6.45) is -0.159. The Bertz CT molecular complexity index is 934. The summed E-state index contributed by atoms with van der Waals surface area (Å²) in [6.45, 7) is 6.69. The van der Waals surface area contributed by atoms with Crippen molar-refractivity contribution < 1.29 is 14.3 Å². The number of hydrogen-bond acceptors (Lipinski definition) is 4. The summed E-state index contributed by atoms with van der Waals surface area (Å²) >= 11 is 5.05. The van der Waals surface area contributed by atoms with E-state index < -0.39 is 12.1 Å². The van der Waals surface area contributed by atoms with Crippen LogP contribution in [0.15, 0.2) is 48.5 Å². The van der Waals surface area contributed by atoms with Crippen molar-refractivity contribution in [3.63, 3.8) is 0 Å². The molecule has 3 rings (SSSR count). The molecule has 0 fully saturated rings. The number of carbonyl (C=O) groups excluding carboxylic acids is 2. The fraction of sp³-hybridized carbons (Fsp3) is 0.375. The van der Waals surface area contributed by atoms with E-state index in [4.69, 9.17) is 17.0 Å². The molecule has 4 N–H and O–H groups in total. The van der Waals surface area contributed by atoms with Crippen molar-refractivity contribution in [3.8, 4) is 11.1 Å². The minimum atomic E-state index is -0.748. The van der Waals surface area contributed by atoms with Crippen LogP contribution in [0.3, 0.4) is 0 Å². The smallest absolute Gasteiger partial charge is 0.407 e. The average Bonchev–Trinajstić information content (AvgIpc) is 3.09. The highest BCUT2D eigenvalue weighted by Crippen LogP contribution is 2.44. The first-order valence-electron chi connectivity index (χ1n) is 10.9. The van der Waals surface area contributed by atoms with Crippen LogP contribution in [0.2, 0.25) is 0 Å². The van der Waals surface area contributed by atoms with Crippen LogP contribution < -0.4 is 21.5 Å². The predicted molar refractivity (Wildman–Crippen MR) is 129 cm³/mol. The molecule has 1 aliphatic carbocycles. The Morgan fingerprint density at radius 1 is 1.00 bits per heavy atom. The van der Waals surface area contributed by atoms with Crippen LogP contribution >= 0.6 is 12.2 Å². The zero-order valence-electron chi connectivity index (χ0n) is 18.6. The summed E-state index contributed by atoms with van der Waals surface area (Å²) in [5.74, 6) is -0.225. The Labute approximate surface area is 194 Å². The molecule has 0 radical (unpaired) electrons. The molecule has 2 aromatic rings. The number of benzene rings is 2. The molecule has 2 amide bonds. The van der Waals surface area contributed by atoms with Crippen LogP contribution in [0.5, 0.6) is 0 Å². The fourth-order valence-corrected chi connectivity index (χ4v) is 4.09. The van der Waals surface area contributed by atoms with Gasteiger partial charge in [-0.1, -0.05) is 62.4 Å². The number of thiocarbonyl (C=S) groups is 1. The molecule has 0 saturated carbocycles. The largest absolute Gasteiger partial charge is 0.449 e. The number of amides is 2. The number of ether oxygens (including phenoxy) is 1. The van der Waals surface area contributed by atoms with Crippen molar-refractivity contribution in [2.24, 2.45) is 5.92 Å². The molecular weight excluding hydrogens is 424 g/mol. The van der Waals surface area contributed by atoms with Crippen molar-refractivity contribution in [2.45, 2.75) is 39.2 Å². The molecule has 1 aliphatic rings. The van der Waals surface area contributed by atoms with Crippen molar-refractivity contribution in [2.75, 3.05) is 13.2 Å². The van der Waals surface area contributed by atoms with E-state index in [0.29, 0.717) is 18.1 Å². The van der Waals surface area contributed by atoms with E-state index in [1.54, 1.807) is 0 Å². The maximum Gasteiger partial charge on any atom is 0.407 e. The van der Waals surface area contributed by atoms with E-state index in [9.17, 15) is 9.59 Å². The van der Waals surface area contributed by atoms with Gasteiger partial charge in [-0.15, -0.1) is 0 Å². The Morgan fingerprint density at radius 2 is 1.59 bits per heavy atom. The summed E-state index contributed by atoms with van der Waals surface area (Å²) in [6, 6.07) is 15.6. The molecule has 0 saturated heterocycles. The normalized spacial score (nSPS) is 13.0. The average molecular weight is 455 g/mol. The molecule has 32 heavy (non-hydrogen) atoms. The van der Waals surface area contributed by atoms with Gasteiger partial charge >= 0.3 is 6.09 Å². The van der Waals surface area contributed by atoms with Crippen LogP contribution in [0.1, 0.15) is 44.2 Å². The topological polar surface area (TPSA) is 91.5 Å². The first-order valence-corrected chi connectivity index (χ1v) is 11.3. The van der Waals surface area contributed by atoms with Crippen LogP contribution in [0, 0.1) is 5.92 Å². The zero-order valence-corrected chi connectivity index (χ0v) is 19.4. The number of carbonyl (C=O) groups is 2. The van der Waals surface area contributed by atoms with Gasteiger partial charge in [-0.25, -0.2) is 4.79 Å². The number of alkyl carbamates (subject to hydrolysis) is 1. The molecular formula is C24H30N4O3S. The number of nitrogens with one attached hydrogen (secondary N) is 4. The van der Waals surface area contributed by atoms with Gasteiger partial charge < -0.3 is 15.4 Å². The Kier molecular flexibility index (Phi) is 8.05. The quantitative estimate of drug-likeness (QED) is 0.378. The summed E-state index contributed by atoms with van der Waals surface area (Å²) in [5, 5.41) is 5.89. The van der Waals surface area contributed by atoms with E-state index in [1.807, 2.05) is 45.0 Å². The van der Waals surface area contributed by atoms with Crippen molar-refractivity contribution in [1.29, 1.82) is 0 Å². The Hall–Kier alpha value is -3.13. The third-order valence-corrected chi connectivity index (χ3v) is 5.54. The zero-order chi connectivity index (χ0) is 23.1. The highest BCUT2D eigenvalue weighted by atomic mass is 32.1. The number of hydrogen-bond donors (Lipinski definition) is 4. The third-order valence-electron chi connectivity index (χ3n) is 5.30. The van der Waals surface area contributed by atoms with E-state index in [0.717, 1.165) is 22.3 Å². The monoisotopic (exact) mass is 454 g/mol. The van der Waals surface area contributed by atoms with E-state index in [-0.39, 0.29) is 24.3 Å². The Morgan fingerprint density at radius 3 is 2.16 bits per heavy atom. The van der Waals surface area contributed by atoms with Gasteiger partial charge in [0.1, 0.15) is 12.6 Å². The molecule has 0 spiro atoms. The predicted octanol–water partition coefficient (Wildman–Crippen LogP) is 3.46. The van der Waals surface area contributed by atoms with E-state index in [1.165, 1.54) is 0 Å². The van der Waals surface area contributed by atoms with Gasteiger partial charge in [0.05, 0.1) is 0 Å². The molecule has 2 aromatic carbocycles. The second-order valence-corrected chi connectivity index (χ2v) is 8.53. The lowest BCUT2D eigenvalue weighted by Crippen LogP contribution is -2.54. The lowest BCUT2D eigenvalue weighted by Gasteiger charge is -2.21. The van der Waals surface area contributed by atoms with Crippen molar-refractivity contribution in [3.05, 3.63) is 59.7 Å². The van der Waals surface area contributed by atoms with Crippen LogP contribution in [-0.4, -0.2) is 36.3 Å². The van der Waals surface area contributed by atoms with Crippen molar-refractivity contribution >= 4 is 29.3 Å². The minimum absolute atomic E-state index is 0.0373. The summed E-state index contributed by atoms with van der Waals surface area (Å²) in [7, 11) is 0. The molecule has 7 nitrogen and oxygen atoms in total. The minimum Gasteiger partial charge on any atom is -0.449 e. The van der Waals surface area contributed by atoms with Crippen LogP contribution in [0.25, 0.3) is 11.1 Å². The summed E-state index contributed by atoms with van der Waals surface area (Å²) in [5.41, 5.74) is 9.78. The van der Waals surface area contributed by atoms with Crippen LogP contribution in [-0.2, 0) is 9.53 Å². The van der Waals surface area contributed by atoms with E-state index in [2.05, 4.69) is 45.8 Å². The maximum atomic E-state index is 12.6. The van der Waals surface area contributed by atoms with Gasteiger partial charge in [0, 0.05) is 12.5 Å². The number of rotatable bonds is 7. The third kappa shape index (κ3) is 5.76.